The van der Waals surface area contributed by atoms with Crippen molar-refractivity contribution >= 4 is 29.6 Å². The van der Waals surface area contributed by atoms with Gasteiger partial charge in [-0.05, 0) is 61.0 Å². The van der Waals surface area contributed by atoms with Crippen molar-refractivity contribution in [3.8, 4) is 5.75 Å². The summed E-state index contributed by atoms with van der Waals surface area (Å²) >= 11 is 5.97. The van der Waals surface area contributed by atoms with E-state index in [1.54, 1.807) is 49.5 Å². The summed E-state index contributed by atoms with van der Waals surface area (Å²) in [4.78, 5) is 49.8. The van der Waals surface area contributed by atoms with Crippen LogP contribution in [0.1, 0.15) is 22.8 Å². The van der Waals surface area contributed by atoms with Crippen molar-refractivity contribution < 1.29 is 19.1 Å². The van der Waals surface area contributed by atoms with E-state index in [0.29, 0.717) is 16.5 Å². The first-order valence-corrected chi connectivity index (χ1v) is 11.4. The van der Waals surface area contributed by atoms with Gasteiger partial charge in [0.1, 0.15) is 5.75 Å². The molecule has 0 spiro atoms. The Morgan fingerprint density at radius 2 is 1.86 bits per heavy atom. The molecule has 1 saturated heterocycles. The average molecular weight is 511 g/mol. The number of urea groups is 2. The van der Waals surface area contributed by atoms with Crippen molar-refractivity contribution in [2.75, 3.05) is 6.54 Å². The molecule has 0 aliphatic carbocycles. The lowest BCUT2D eigenvalue weighted by molar-refractivity contribution is 0.0912. The summed E-state index contributed by atoms with van der Waals surface area (Å²) in [6.45, 7) is 2.21. The molecule has 12 heteroatoms. The van der Waals surface area contributed by atoms with Gasteiger partial charge in [0.25, 0.3) is 0 Å². The fourth-order valence-electron chi connectivity index (χ4n) is 3.63. The predicted octanol–water partition coefficient (Wildman–Crippen LogP) is 3.49. The average Bonchev–Trinajstić information content (AvgIpc) is 2.89. The summed E-state index contributed by atoms with van der Waals surface area (Å²) < 4.78 is 5.79. The minimum absolute atomic E-state index is 0.171. The quantitative estimate of drug-likeness (QED) is 0.463. The van der Waals surface area contributed by atoms with E-state index in [-0.39, 0.29) is 18.7 Å². The zero-order valence-electron chi connectivity index (χ0n) is 19.2. The molecule has 36 heavy (non-hydrogen) atoms. The lowest BCUT2D eigenvalue weighted by atomic mass is 10.2. The normalized spacial score (nSPS) is 19.2. The Bertz CT molecular complexity index is 1210. The van der Waals surface area contributed by atoms with Gasteiger partial charge in [-0.3, -0.25) is 15.0 Å². The van der Waals surface area contributed by atoms with Gasteiger partial charge in [0.05, 0.1) is 12.2 Å². The molecule has 0 radical (unpaired) electrons. The van der Waals surface area contributed by atoms with Crippen LogP contribution in [0.25, 0.3) is 0 Å². The minimum Gasteiger partial charge on any atom is -0.467 e. The fourth-order valence-corrected chi connectivity index (χ4v) is 3.75. The molecule has 2 aromatic rings. The second-order valence-electron chi connectivity index (χ2n) is 7.86. The molecule has 0 saturated carbocycles. The van der Waals surface area contributed by atoms with E-state index in [4.69, 9.17) is 16.3 Å². The second kappa shape index (κ2) is 10.9. The Morgan fingerprint density at radius 3 is 2.47 bits per heavy atom. The largest absolute Gasteiger partial charge is 0.467 e. The first-order chi connectivity index (χ1) is 17.4. The molecule has 0 aromatic heterocycles. The van der Waals surface area contributed by atoms with Gasteiger partial charge < -0.3 is 15.4 Å². The van der Waals surface area contributed by atoms with E-state index in [0.717, 1.165) is 10.5 Å². The van der Waals surface area contributed by atoms with Crippen molar-refractivity contribution in [3.63, 3.8) is 0 Å². The number of nitroso groups, excluding NO2 is 1. The molecule has 2 aromatic carbocycles. The van der Waals surface area contributed by atoms with Gasteiger partial charge in [-0.2, -0.15) is 0 Å². The number of hydrogen-bond donors (Lipinski definition) is 3. The molecule has 2 aliphatic heterocycles. The van der Waals surface area contributed by atoms with Crippen molar-refractivity contribution in [2.24, 2.45) is 5.18 Å². The van der Waals surface area contributed by atoms with Crippen LogP contribution in [0.15, 0.2) is 77.8 Å². The number of nitrogens with zero attached hydrogens (tertiary/aromatic N) is 3. The molecule has 2 aliphatic rings. The van der Waals surface area contributed by atoms with Gasteiger partial charge in [-0.15, -0.1) is 4.91 Å². The molecule has 186 valence electrons. The number of amides is 5. The van der Waals surface area contributed by atoms with Crippen molar-refractivity contribution in [1.82, 2.24) is 25.8 Å². The first kappa shape index (κ1) is 24.7. The van der Waals surface area contributed by atoms with Crippen molar-refractivity contribution in [1.29, 1.82) is 0 Å². The summed E-state index contributed by atoms with van der Waals surface area (Å²) in [5.41, 5.74) is 1.63. The molecule has 2 unspecified atom stereocenters. The highest BCUT2D eigenvalue weighted by Gasteiger charge is 2.37. The Labute approximate surface area is 211 Å². The van der Waals surface area contributed by atoms with Crippen molar-refractivity contribution in [3.05, 3.63) is 93.6 Å². The summed E-state index contributed by atoms with van der Waals surface area (Å²) in [6, 6.07) is 12.2. The highest BCUT2D eigenvalue weighted by atomic mass is 35.5. The Morgan fingerprint density at radius 1 is 1.14 bits per heavy atom. The number of ether oxygens (including phenoxy) is 1. The third-order valence-electron chi connectivity index (χ3n) is 5.48. The van der Waals surface area contributed by atoms with Crippen LogP contribution in [0.4, 0.5) is 9.59 Å². The number of carbonyl (C=O) groups is 3. The number of benzene rings is 2. The van der Waals surface area contributed by atoms with Crippen LogP contribution in [-0.4, -0.2) is 46.8 Å². The molecule has 5 amide bonds. The van der Waals surface area contributed by atoms with Gasteiger partial charge in [0.15, 0.2) is 12.5 Å². The van der Waals surface area contributed by atoms with Gasteiger partial charge in [-0.1, -0.05) is 23.7 Å². The van der Waals surface area contributed by atoms with E-state index >= 15 is 0 Å². The Balaban J connectivity index is 1.41. The maximum absolute atomic E-state index is 13.0. The van der Waals surface area contributed by atoms with E-state index < -0.39 is 30.5 Å². The monoisotopic (exact) mass is 510 g/mol. The van der Waals surface area contributed by atoms with Crippen LogP contribution in [0.2, 0.25) is 5.02 Å². The Kier molecular flexibility index (Phi) is 7.50. The van der Waals surface area contributed by atoms with E-state index in [1.807, 2.05) is 12.1 Å². The number of rotatable bonds is 8. The molecular weight excluding hydrogens is 488 g/mol. The lowest BCUT2D eigenvalue weighted by Gasteiger charge is -2.41. The Hall–Kier alpha value is -4.38. The van der Waals surface area contributed by atoms with E-state index in [2.05, 4.69) is 21.1 Å². The summed E-state index contributed by atoms with van der Waals surface area (Å²) in [7, 11) is 0. The summed E-state index contributed by atoms with van der Waals surface area (Å²) in [6.07, 6.45) is 3.84. The SMILES string of the molecule is CCN1C(=O)NC(NC2=CNC(Oc3ccc(C(=O)N=O)cc3)C=C2)N(Cc2ccc(Cl)cc2)C1=O. The number of nitrogens with one attached hydrogen (secondary N) is 3. The molecule has 2 atom stereocenters. The number of hydrogen-bond acceptors (Lipinski definition) is 7. The van der Waals surface area contributed by atoms with Gasteiger partial charge in [0, 0.05) is 28.5 Å². The second-order valence-corrected chi connectivity index (χ2v) is 8.30. The van der Waals surface area contributed by atoms with Crippen molar-refractivity contribution in [2.45, 2.75) is 26.0 Å². The zero-order valence-corrected chi connectivity index (χ0v) is 19.9. The fraction of sp³-hybridized carbons (Fsp3) is 0.208. The maximum atomic E-state index is 13.0. The predicted molar refractivity (Wildman–Crippen MR) is 132 cm³/mol. The first-order valence-electron chi connectivity index (χ1n) is 11.1. The number of imide groups is 1. The summed E-state index contributed by atoms with van der Waals surface area (Å²) in [5, 5.41) is 12.0. The van der Waals surface area contributed by atoms with Gasteiger partial charge in [0.2, 0.25) is 0 Å². The van der Waals surface area contributed by atoms with E-state index in [1.165, 1.54) is 17.0 Å². The van der Waals surface area contributed by atoms with Crippen LogP contribution >= 0.6 is 11.6 Å². The standard InChI is InChI=1S/C24H23ClN6O5/c1-2-30-23(33)28-22(31(24(30)34)14-15-3-7-17(25)8-4-15)27-18-9-12-20(26-13-18)36-19-10-5-16(6-11-19)21(32)29-35/h3-13,20,22,26-27H,2,14H2,1H3,(H,28,33). The van der Waals surface area contributed by atoms with Crippen LogP contribution < -0.4 is 20.7 Å². The molecule has 11 nitrogen and oxygen atoms in total. The van der Waals surface area contributed by atoms with Crippen LogP contribution in [0.5, 0.6) is 5.75 Å². The molecule has 4 rings (SSSR count). The number of halogens is 1. The van der Waals surface area contributed by atoms with Gasteiger partial charge in [-0.25, -0.2) is 14.5 Å². The number of allylic oxidation sites excluding steroid dienone is 1. The molecule has 1 fully saturated rings. The zero-order chi connectivity index (χ0) is 25.7. The topological polar surface area (TPSA) is 132 Å². The van der Waals surface area contributed by atoms with Crippen LogP contribution in [-0.2, 0) is 6.54 Å². The lowest BCUT2D eigenvalue weighted by Crippen LogP contribution is -2.68. The molecular formula is C24H23ClN6O5. The summed E-state index contributed by atoms with van der Waals surface area (Å²) in [5.74, 6) is -0.375. The smallest absolute Gasteiger partial charge is 0.331 e. The van der Waals surface area contributed by atoms with Gasteiger partial charge >= 0.3 is 18.0 Å². The number of dihydropyridines is 1. The molecule has 0 bridgehead atoms. The maximum Gasteiger partial charge on any atom is 0.331 e. The third-order valence-corrected chi connectivity index (χ3v) is 5.73. The number of carbonyl (C=O) groups excluding carboxylic acids is 3. The van der Waals surface area contributed by atoms with Crippen LogP contribution in [0.3, 0.4) is 0 Å². The molecule has 3 N–H and O–H groups in total. The third kappa shape index (κ3) is 5.63. The highest BCUT2D eigenvalue weighted by molar-refractivity contribution is 6.30. The minimum atomic E-state index is -0.851. The highest BCUT2D eigenvalue weighted by Crippen LogP contribution is 2.19. The molecule has 2 heterocycles. The van der Waals surface area contributed by atoms with Crippen LogP contribution in [0, 0.1) is 4.91 Å². The van der Waals surface area contributed by atoms with E-state index in [9.17, 15) is 19.3 Å².